The SMILES string of the molecule is C/C=C/C[C@@H](C)[C@@H](O)[C@H]1C(=O)N[C@@H](CC)C(=O)N(C)CC(=O)N(C)[C@@H](CC(C)C)C(=O)N[C@@H](C(C)C)C(=O)N(C)[C@@H](CC(C)C)C(=O)N[C@@H](C)C(=O)N[C@H](C)C(=O)N(C)[C@@H](CC(C)C)C(=O)N(C)[C@@](CC(C)C)(C(C)=O)C(=O)N(C)[C@](Br)(C(C)C)C(=O)N1C. The molecule has 11 amide bonds. The number of amides is 11. The molecule has 1 fully saturated rings. The van der Waals surface area contributed by atoms with E-state index in [2.05, 4.69) is 37.2 Å². The standard InChI is InChI=1S/C64H112BrN11O13/c1-26-28-29-41(15)52(79)51-56(83)68-45(27-2)58(85)70(19)34-49(78)71(20)46(30-35(3)4)55(82)69-50(39(11)12)60(87)72(21)47(31-36(5)6)54(81)66-42(16)53(80)67-43(17)57(84)73(22)48(32-37(7)8)59(86)75(24)63(44(18)77,33-38(9)10)61(88)76(25)64(65,40(13)14)62(89)74(51)23/h26,28,35-43,45-48,50-52,79H,27,29-34H2,1-25H3,(H,66,81)(H,67,80)(H,68,83)(H,69,82)/b28-26+/t41-,42+,43-,45+,46+,47+,48+,50+,51+,52-,63+,64-/m1/s1. The lowest BCUT2D eigenvalue weighted by Crippen LogP contribution is -2.71. The lowest BCUT2D eigenvalue weighted by atomic mass is 9.81. The Balaban J connectivity index is 4.54. The highest BCUT2D eigenvalue weighted by Gasteiger charge is 2.58. The van der Waals surface area contributed by atoms with E-state index in [9.17, 15) is 48.3 Å². The number of ketones is 1. The van der Waals surface area contributed by atoms with Crippen LogP contribution in [-0.2, 0) is 57.5 Å². The molecule has 0 aromatic carbocycles. The second kappa shape index (κ2) is 35.0. The van der Waals surface area contributed by atoms with E-state index in [0.29, 0.717) is 0 Å². The first-order valence-corrected chi connectivity index (χ1v) is 32.3. The summed E-state index contributed by atoms with van der Waals surface area (Å²) in [5.41, 5.74) is -2.34. The topological polar surface area (TPSA) is 296 Å². The Morgan fingerprint density at radius 1 is 0.584 bits per heavy atom. The van der Waals surface area contributed by atoms with Gasteiger partial charge in [0.05, 0.1) is 12.6 Å². The van der Waals surface area contributed by atoms with Crippen LogP contribution in [0.2, 0.25) is 0 Å². The summed E-state index contributed by atoms with van der Waals surface area (Å²) in [6.07, 6.45) is 2.18. The van der Waals surface area contributed by atoms with Gasteiger partial charge in [-0.3, -0.25) is 57.5 Å². The van der Waals surface area contributed by atoms with Crippen LogP contribution >= 0.6 is 15.9 Å². The zero-order valence-electron chi connectivity index (χ0n) is 58.2. The Labute approximate surface area is 539 Å². The predicted molar refractivity (Wildman–Crippen MR) is 346 cm³/mol. The molecule has 1 aliphatic heterocycles. The van der Waals surface area contributed by atoms with E-state index in [1.807, 2.05) is 41.5 Å². The normalized spacial score (nSPS) is 27.9. The molecule has 0 spiro atoms. The van der Waals surface area contributed by atoms with Crippen LogP contribution in [0.1, 0.15) is 163 Å². The summed E-state index contributed by atoms with van der Waals surface area (Å²) in [4.78, 5) is 185. The van der Waals surface area contributed by atoms with Gasteiger partial charge in [-0.1, -0.05) is 125 Å². The first-order valence-electron chi connectivity index (χ1n) is 31.5. The van der Waals surface area contributed by atoms with Crippen LogP contribution in [0.15, 0.2) is 12.2 Å². The summed E-state index contributed by atoms with van der Waals surface area (Å²) < 4.78 is -2.12. The molecule has 0 aromatic heterocycles. The van der Waals surface area contributed by atoms with Gasteiger partial charge in [0.25, 0.3) is 11.8 Å². The Bertz CT molecular complexity index is 2540. The number of halogens is 1. The third-order valence-corrected chi connectivity index (χ3v) is 18.8. The van der Waals surface area contributed by atoms with Crippen molar-refractivity contribution in [3.05, 3.63) is 12.2 Å². The molecule has 25 heteroatoms. The van der Waals surface area contributed by atoms with Crippen molar-refractivity contribution in [2.75, 3.05) is 55.9 Å². The van der Waals surface area contributed by atoms with Gasteiger partial charge in [0, 0.05) is 49.3 Å². The number of hydrogen-bond donors (Lipinski definition) is 5. The van der Waals surface area contributed by atoms with E-state index < -0.39 is 165 Å². The number of aliphatic hydroxyl groups is 1. The molecule has 0 unspecified atom stereocenters. The predicted octanol–water partition coefficient (Wildman–Crippen LogP) is 3.95. The molecule has 0 bridgehead atoms. The van der Waals surface area contributed by atoms with Crippen molar-refractivity contribution in [3.8, 4) is 0 Å². The third-order valence-electron chi connectivity index (χ3n) is 17.0. The second-order valence-electron chi connectivity index (χ2n) is 26.9. The number of carbonyl (C=O) groups excluding carboxylic acids is 12. The molecule has 0 radical (unpaired) electrons. The largest absolute Gasteiger partial charge is 0.390 e. The highest BCUT2D eigenvalue weighted by atomic mass is 79.9. The molecular weight excluding hydrogens is 1210 g/mol. The van der Waals surface area contributed by atoms with Crippen LogP contribution in [0.3, 0.4) is 0 Å². The molecular formula is C64H112BrN11O13. The van der Waals surface area contributed by atoms with Gasteiger partial charge in [0.1, 0.15) is 48.3 Å². The Hall–Kier alpha value is -5.98. The number of hydrogen-bond acceptors (Lipinski definition) is 13. The molecule has 1 saturated heterocycles. The fraction of sp³-hybridized carbons (Fsp3) is 0.781. The molecule has 0 saturated carbocycles. The fourth-order valence-electron chi connectivity index (χ4n) is 11.3. The summed E-state index contributed by atoms with van der Waals surface area (Å²) in [6, 6.07) is -10.5. The maximum atomic E-state index is 15.8. The van der Waals surface area contributed by atoms with Crippen molar-refractivity contribution in [1.82, 2.24) is 55.6 Å². The third kappa shape index (κ3) is 20.3. The Kier molecular flexibility index (Phi) is 31.9. The monoisotopic (exact) mass is 1320 g/mol. The minimum absolute atomic E-state index is 0.0213. The number of alkyl halides is 1. The molecule has 1 aliphatic rings. The zero-order valence-corrected chi connectivity index (χ0v) is 59.8. The van der Waals surface area contributed by atoms with E-state index in [4.69, 9.17) is 0 Å². The van der Waals surface area contributed by atoms with E-state index in [1.165, 1.54) is 73.0 Å². The number of carbonyl (C=O) groups is 12. The second-order valence-corrected chi connectivity index (χ2v) is 28.1. The van der Waals surface area contributed by atoms with Gasteiger partial charge >= 0.3 is 0 Å². The number of likely N-dealkylation sites (N-methyl/N-ethyl adjacent to an activating group) is 7. The van der Waals surface area contributed by atoms with Gasteiger partial charge < -0.3 is 60.7 Å². The van der Waals surface area contributed by atoms with Gasteiger partial charge in [0.15, 0.2) is 15.8 Å². The number of Topliss-reactive ketones (excluding diaryl/α,β-unsaturated/α-hetero) is 1. The highest BCUT2D eigenvalue weighted by molar-refractivity contribution is 9.10. The minimum atomic E-state index is -2.34. The van der Waals surface area contributed by atoms with Crippen molar-refractivity contribution in [2.45, 2.75) is 228 Å². The molecule has 12 atom stereocenters. The van der Waals surface area contributed by atoms with Gasteiger partial charge in [-0.2, -0.15) is 0 Å². The molecule has 1 heterocycles. The molecule has 89 heavy (non-hydrogen) atoms. The molecule has 5 N–H and O–H groups in total. The van der Waals surface area contributed by atoms with Crippen LogP contribution in [0.5, 0.6) is 0 Å². The summed E-state index contributed by atoms with van der Waals surface area (Å²) in [5.74, 6) is -12.5. The maximum Gasteiger partial charge on any atom is 0.260 e. The average molecular weight is 1320 g/mol. The quantitative estimate of drug-likeness (QED) is 0.0634. The number of nitrogens with zero attached hydrogens (tertiary/aromatic N) is 7. The van der Waals surface area contributed by atoms with Crippen LogP contribution in [0.4, 0.5) is 0 Å². The van der Waals surface area contributed by atoms with E-state index in [0.717, 1.165) is 31.4 Å². The molecule has 0 aliphatic carbocycles. The van der Waals surface area contributed by atoms with Crippen molar-refractivity contribution >= 4 is 86.7 Å². The first kappa shape index (κ1) is 81.0. The van der Waals surface area contributed by atoms with Gasteiger partial charge in [-0.15, -0.1) is 0 Å². The van der Waals surface area contributed by atoms with Crippen molar-refractivity contribution < 1.29 is 62.6 Å². The summed E-state index contributed by atoms with van der Waals surface area (Å²) >= 11 is 3.62. The number of aliphatic hydroxyl groups excluding tert-OH is 1. The van der Waals surface area contributed by atoms with Crippen molar-refractivity contribution in [2.24, 2.45) is 41.4 Å². The number of nitrogens with one attached hydrogen (secondary N) is 4. The van der Waals surface area contributed by atoms with E-state index in [-0.39, 0.29) is 56.3 Å². The lowest BCUT2D eigenvalue weighted by Gasteiger charge is -2.49. The molecule has 24 nitrogen and oxygen atoms in total. The fourth-order valence-corrected chi connectivity index (χ4v) is 11.7. The van der Waals surface area contributed by atoms with Crippen LogP contribution in [0, 0.1) is 41.4 Å². The van der Waals surface area contributed by atoms with Gasteiger partial charge in [0.2, 0.25) is 53.2 Å². The van der Waals surface area contributed by atoms with Crippen molar-refractivity contribution in [3.63, 3.8) is 0 Å². The van der Waals surface area contributed by atoms with Crippen LogP contribution in [0.25, 0.3) is 0 Å². The Morgan fingerprint density at radius 2 is 1.06 bits per heavy atom. The van der Waals surface area contributed by atoms with Gasteiger partial charge in [-0.05, 0) is 108 Å². The lowest BCUT2D eigenvalue weighted by molar-refractivity contribution is -0.167. The molecule has 0 aromatic rings. The highest BCUT2D eigenvalue weighted by Crippen LogP contribution is 2.39. The minimum Gasteiger partial charge on any atom is -0.390 e. The summed E-state index contributed by atoms with van der Waals surface area (Å²) in [7, 11) is 9.36. The smallest absolute Gasteiger partial charge is 0.260 e. The summed E-state index contributed by atoms with van der Waals surface area (Å²) in [5, 5.41) is 23.1. The zero-order chi connectivity index (χ0) is 69.4. The van der Waals surface area contributed by atoms with Crippen molar-refractivity contribution in [1.29, 1.82) is 0 Å². The molecule has 1 rings (SSSR count). The molecule has 508 valence electrons. The Morgan fingerprint density at radius 3 is 1.51 bits per heavy atom. The number of rotatable bonds is 16. The first-order chi connectivity index (χ1) is 40.9. The van der Waals surface area contributed by atoms with E-state index >= 15 is 14.4 Å². The maximum absolute atomic E-state index is 15.8. The van der Waals surface area contributed by atoms with Crippen LogP contribution < -0.4 is 21.3 Å². The van der Waals surface area contributed by atoms with Crippen LogP contribution in [-0.4, -0.2) is 230 Å². The number of allylic oxidation sites excluding steroid dienone is 2. The van der Waals surface area contributed by atoms with E-state index in [1.54, 1.807) is 74.5 Å². The summed E-state index contributed by atoms with van der Waals surface area (Å²) in [6.45, 7) is 29.6. The van der Waals surface area contributed by atoms with Gasteiger partial charge in [-0.25, -0.2) is 0 Å². The average Bonchev–Trinajstić information content (AvgIpc) is 1.57.